The lowest BCUT2D eigenvalue weighted by molar-refractivity contribution is 0.0696. The molecule has 30 heavy (non-hydrogen) atoms. The predicted molar refractivity (Wildman–Crippen MR) is 112 cm³/mol. The number of nitrogens with zero attached hydrogens (tertiary/aromatic N) is 1. The minimum atomic E-state index is -1.01. The molecule has 1 heterocycles. The van der Waals surface area contributed by atoms with Gasteiger partial charge in [0.15, 0.2) is 5.75 Å². The molecule has 7 heteroatoms. The lowest BCUT2D eigenvalue weighted by Crippen LogP contribution is -2.17. The third-order valence-corrected chi connectivity index (χ3v) is 4.61. The Bertz CT molecular complexity index is 1070. The van der Waals surface area contributed by atoms with Gasteiger partial charge < -0.3 is 23.9 Å². The first-order valence-corrected chi connectivity index (χ1v) is 9.40. The molecule has 1 N–H and O–H groups in total. The summed E-state index contributed by atoms with van der Waals surface area (Å²) in [6, 6.07) is 15.2. The second-order valence-electron chi connectivity index (χ2n) is 6.61. The van der Waals surface area contributed by atoms with Gasteiger partial charge in [-0.1, -0.05) is 12.1 Å². The van der Waals surface area contributed by atoms with Crippen molar-refractivity contribution in [2.24, 2.45) is 0 Å². The first kappa shape index (κ1) is 21.0. The van der Waals surface area contributed by atoms with Crippen LogP contribution in [0.2, 0.25) is 0 Å². The third-order valence-electron chi connectivity index (χ3n) is 4.61. The lowest BCUT2D eigenvalue weighted by atomic mass is 10.1. The van der Waals surface area contributed by atoms with Crippen LogP contribution >= 0.6 is 0 Å². The van der Waals surface area contributed by atoms with Crippen molar-refractivity contribution in [3.63, 3.8) is 0 Å². The highest BCUT2D eigenvalue weighted by Gasteiger charge is 2.10. The van der Waals surface area contributed by atoms with E-state index in [1.54, 1.807) is 32.4 Å². The number of carbonyl (C=O) groups is 1. The molecule has 3 rings (SSSR count). The van der Waals surface area contributed by atoms with Gasteiger partial charge in [0, 0.05) is 12.3 Å². The fourth-order valence-corrected chi connectivity index (χ4v) is 2.96. The minimum absolute atomic E-state index is 0.101. The Morgan fingerprint density at radius 1 is 1.03 bits per heavy atom. The van der Waals surface area contributed by atoms with E-state index in [1.165, 1.54) is 18.2 Å². The quantitative estimate of drug-likeness (QED) is 0.582. The maximum Gasteiger partial charge on any atom is 0.335 e. The zero-order chi connectivity index (χ0) is 21.5. The molecule has 1 aromatic heterocycles. The molecule has 0 saturated heterocycles. The Kier molecular flexibility index (Phi) is 6.75. The van der Waals surface area contributed by atoms with E-state index in [0.717, 1.165) is 11.5 Å². The summed E-state index contributed by atoms with van der Waals surface area (Å²) >= 11 is 0. The smallest absolute Gasteiger partial charge is 0.335 e. The molecule has 3 aromatic rings. The van der Waals surface area contributed by atoms with Crippen molar-refractivity contribution in [3.8, 4) is 17.2 Å². The van der Waals surface area contributed by atoms with Crippen molar-refractivity contribution in [3.05, 3.63) is 87.8 Å². The second-order valence-corrected chi connectivity index (χ2v) is 6.61. The van der Waals surface area contributed by atoms with Gasteiger partial charge in [-0.3, -0.25) is 4.79 Å². The highest BCUT2D eigenvalue weighted by molar-refractivity contribution is 5.87. The highest BCUT2D eigenvalue weighted by atomic mass is 16.5. The summed E-state index contributed by atoms with van der Waals surface area (Å²) in [5, 5.41) is 9.10. The van der Waals surface area contributed by atoms with Crippen molar-refractivity contribution in [1.29, 1.82) is 0 Å². The van der Waals surface area contributed by atoms with Crippen LogP contribution < -0.4 is 19.6 Å². The molecular weight excluding hydrogens is 386 g/mol. The summed E-state index contributed by atoms with van der Waals surface area (Å²) < 4.78 is 18.5. The molecule has 2 aromatic carbocycles. The van der Waals surface area contributed by atoms with Crippen LogP contribution in [0, 0.1) is 6.92 Å². The first-order chi connectivity index (χ1) is 14.5. The molecule has 0 aliphatic heterocycles. The Morgan fingerprint density at radius 2 is 1.77 bits per heavy atom. The summed E-state index contributed by atoms with van der Waals surface area (Å²) in [7, 11) is 1.61. The zero-order valence-corrected chi connectivity index (χ0v) is 16.8. The number of benzene rings is 2. The van der Waals surface area contributed by atoms with Crippen LogP contribution in [0.4, 0.5) is 0 Å². The molecule has 0 spiro atoms. The van der Waals surface area contributed by atoms with E-state index in [1.807, 2.05) is 28.8 Å². The van der Waals surface area contributed by atoms with Crippen molar-refractivity contribution in [2.45, 2.75) is 20.1 Å². The maximum absolute atomic E-state index is 12.3. The van der Waals surface area contributed by atoms with Gasteiger partial charge in [0.2, 0.25) is 5.43 Å². The SMILES string of the molecule is COc1ccc(OCCn2ccc(=O)c(OCc3cccc(C(=O)O)c3)c2C)cc1. The summed E-state index contributed by atoms with van der Waals surface area (Å²) in [5.41, 5.74) is 1.30. The fourth-order valence-electron chi connectivity index (χ4n) is 2.96. The van der Waals surface area contributed by atoms with Gasteiger partial charge in [-0.25, -0.2) is 4.79 Å². The molecular formula is C23H23NO6. The molecule has 0 atom stereocenters. The lowest BCUT2D eigenvalue weighted by Gasteiger charge is -2.15. The molecule has 0 fully saturated rings. The topological polar surface area (TPSA) is 87.0 Å². The second kappa shape index (κ2) is 9.65. The number of hydrogen-bond donors (Lipinski definition) is 1. The first-order valence-electron chi connectivity index (χ1n) is 9.40. The fraction of sp³-hybridized carbons (Fsp3) is 0.217. The summed E-state index contributed by atoms with van der Waals surface area (Å²) in [6.07, 6.45) is 1.70. The monoisotopic (exact) mass is 409 g/mol. The van der Waals surface area contributed by atoms with Gasteiger partial charge in [0.1, 0.15) is 24.7 Å². The predicted octanol–water partition coefficient (Wildman–Crippen LogP) is 3.52. The number of aromatic nitrogens is 1. The van der Waals surface area contributed by atoms with Crippen LogP contribution in [0.25, 0.3) is 0 Å². The summed E-state index contributed by atoms with van der Waals surface area (Å²) in [6.45, 7) is 2.85. The largest absolute Gasteiger partial charge is 0.497 e. The van der Waals surface area contributed by atoms with Gasteiger partial charge in [-0.15, -0.1) is 0 Å². The van der Waals surface area contributed by atoms with Crippen molar-refractivity contribution in [2.75, 3.05) is 13.7 Å². The summed E-state index contributed by atoms with van der Waals surface area (Å²) in [4.78, 5) is 23.4. The molecule has 156 valence electrons. The van der Waals surface area contributed by atoms with Crippen LogP contribution in [0.3, 0.4) is 0 Å². The van der Waals surface area contributed by atoms with Crippen LogP contribution in [0.1, 0.15) is 21.6 Å². The highest BCUT2D eigenvalue weighted by Crippen LogP contribution is 2.18. The molecule has 0 aliphatic carbocycles. The van der Waals surface area contributed by atoms with E-state index in [4.69, 9.17) is 19.3 Å². The normalized spacial score (nSPS) is 10.5. The molecule has 0 aliphatic rings. The van der Waals surface area contributed by atoms with Gasteiger partial charge in [-0.2, -0.15) is 0 Å². The van der Waals surface area contributed by atoms with E-state index in [9.17, 15) is 9.59 Å². The van der Waals surface area contributed by atoms with Gasteiger partial charge >= 0.3 is 5.97 Å². The standard InChI is InChI=1S/C23H23NO6/c1-16-22(30-15-17-4-3-5-18(14-17)23(26)27)21(25)10-11-24(16)12-13-29-20-8-6-19(28-2)7-9-20/h3-11,14H,12-13,15H2,1-2H3,(H,26,27). The third kappa shape index (κ3) is 5.20. The van der Waals surface area contributed by atoms with Crippen molar-refractivity contribution < 1.29 is 24.1 Å². The Hall–Kier alpha value is -3.74. The molecule has 0 unspecified atom stereocenters. The molecule has 0 saturated carbocycles. The number of ether oxygens (including phenoxy) is 3. The van der Waals surface area contributed by atoms with Crippen molar-refractivity contribution in [1.82, 2.24) is 4.57 Å². The van der Waals surface area contributed by atoms with E-state index >= 15 is 0 Å². The van der Waals surface area contributed by atoms with Crippen LogP contribution in [-0.4, -0.2) is 29.4 Å². The Morgan fingerprint density at radius 3 is 2.47 bits per heavy atom. The Labute approximate surface area is 174 Å². The van der Waals surface area contributed by atoms with Gasteiger partial charge in [0.05, 0.1) is 24.9 Å². The van der Waals surface area contributed by atoms with Gasteiger partial charge in [-0.05, 0) is 48.9 Å². The molecule has 0 radical (unpaired) electrons. The number of hydrogen-bond acceptors (Lipinski definition) is 5. The minimum Gasteiger partial charge on any atom is -0.497 e. The van der Waals surface area contributed by atoms with E-state index in [-0.39, 0.29) is 23.3 Å². The number of rotatable bonds is 9. The number of methoxy groups -OCH3 is 1. The van der Waals surface area contributed by atoms with Crippen molar-refractivity contribution >= 4 is 5.97 Å². The van der Waals surface area contributed by atoms with E-state index in [0.29, 0.717) is 24.4 Å². The average Bonchev–Trinajstić information content (AvgIpc) is 2.76. The van der Waals surface area contributed by atoms with E-state index < -0.39 is 5.97 Å². The molecule has 0 amide bonds. The Balaban J connectivity index is 1.65. The van der Waals surface area contributed by atoms with Crippen LogP contribution in [-0.2, 0) is 13.2 Å². The number of carboxylic acid groups (broad SMARTS) is 1. The number of pyridine rings is 1. The van der Waals surface area contributed by atoms with E-state index in [2.05, 4.69) is 0 Å². The molecule has 7 nitrogen and oxygen atoms in total. The van der Waals surface area contributed by atoms with Gasteiger partial charge in [0.25, 0.3) is 0 Å². The number of carboxylic acids is 1. The zero-order valence-electron chi connectivity index (χ0n) is 16.8. The maximum atomic E-state index is 12.3. The summed E-state index contributed by atoms with van der Waals surface area (Å²) in [5.74, 6) is 0.716. The molecule has 0 bridgehead atoms. The average molecular weight is 409 g/mol. The van der Waals surface area contributed by atoms with Crippen LogP contribution in [0.5, 0.6) is 17.2 Å². The number of aromatic carboxylic acids is 1. The van der Waals surface area contributed by atoms with Crippen LogP contribution in [0.15, 0.2) is 65.6 Å².